The summed E-state index contributed by atoms with van der Waals surface area (Å²) in [6.07, 6.45) is 1.67. The molecule has 0 bridgehead atoms. The topological polar surface area (TPSA) is 88.3 Å². The molecule has 3 amide bonds. The summed E-state index contributed by atoms with van der Waals surface area (Å²) in [4.78, 5) is 31.2. The van der Waals surface area contributed by atoms with Gasteiger partial charge in [-0.25, -0.2) is 4.79 Å². The van der Waals surface area contributed by atoms with Gasteiger partial charge in [0.05, 0.1) is 0 Å². The number of thiophene rings is 1. The Morgan fingerprint density at radius 3 is 2.88 bits per heavy atom. The first kappa shape index (κ1) is 16.6. The summed E-state index contributed by atoms with van der Waals surface area (Å²) in [5, 5.41) is 8.55. The van der Waals surface area contributed by atoms with Gasteiger partial charge in [-0.05, 0) is 30.7 Å². The molecule has 3 rings (SSSR count). The second-order valence-corrected chi connectivity index (χ2v) is 7.41. The maximum Gasteiger partial charge on any atom is 0.325 e. The summed E-state index contributed by atoms with van der Waals surface area (Å²) in [5.41, 5.74) is -1.04. The highest BCUT2D eigenvalue weighted by atomic mass is 32.1. The second-order valence-electron chi connectivity index (χ2n) is 6.46. The molecule has 2 aromatic rings. The van der Waals surface area contributed by atoms with Gasteiger partial charge >= 0.3 is 6.03 Å². The number of urea groups is 1. The van der Waals surface area contributed by atoms with Gasteiger partial charge in [0.15, 0.2) is 11.4 Å². The standard InChI is InChI=1S/C16H20N4O3S/c1-10(2)6-7-12-17-13(23-19-12)9-20-14(21)16(3,18-15(20)22)11-5-4-8-24-11/h4-5,8,10H,6-7,9H2,1-3H3,(H,18,22). The predicted molar refractivity (Wildman–Crippen MR) is 88.2 cm³/mol. The van der Waals surface area contributed by atoms with Crippen LogP contribution >= 0.6 is 11.3 Å². The molecule has 1 saturated heterocycles. The Morgan fingerprint density at radius 1 is 1.42 bits per heavy atom. The average molecular weight is 348 g/mol. The van der Waals surface area contributed by atoms with Crippen LogP contribution in [0.5, 0.6) is 0 Å². The Bertz CT molecular complexity index is 740. The Labute approximate surface area is 144 Å². The number of hydrogen-bond acceptors (Lipinski definition) is 6. The molecule has 1 aliphatic heterocycles. The Kier molecular flexibility index (Phi) is 4.40. The molecule has 0 aromatic carbocycles. The SMILES string of the molecule is CC(C)CCc1noc(CN2C(=O)NC(C)(c3cccs3)C2=O)n1. The van der Waals surface area contributed by atoms with Crippen LogP contribution in [0.3, 0.4) is 0 Å². The second kappa shape index (κ2) is 6.35. The van der Waals surface area contributed by atoms with Crippen molar-refractivity contribution in [2.45, 2.75) is 45.7 Å². The molecule has 128 valence electrons. The fraction of sp³-hybridized carbons (Fsp3) is 0.500. The van der Waals surface area contributed by atoms with Gasteiger partial charge < -0.3 is 9.84 Å². The van der Waals surface area contributed by atoms with Gasteiger partial charge in [0.2, 0.25) is 5.89 Å². The van der Waals surface area contributed by atoms with E-state index in [2.05, 4.69) is 29.3 Å². The number of imide groups is 1. The van der Waals surface area contributed by atoms with Crippen LogP contribution in [-0.4, -0.2) is 27.0 Å². The van der Waals surface area contributed by atoms with E-state index in [9.17, 15) is 9.59 Å². The molecule has 24 heavy (non-hydrogen) atoms. The van der Waals surface area contributed by atoms with Gasteiger partial charge in [-0.15, -0.1) is 11.3 Å². The van der Waals surface area contributed by atoms with Crippen molar-refractivity contribution < 1.29 is 14.1 Å². The van der Waals surface area contributed by atoms with E-state index in [1.807, 2.05) is 17.5 Å². The molecule has 7 nitrogen and oxygen atoms in total. The van der Waals surface area contributed by atoms with E-state index >= 15 is 0 Å². The summed E-state index contributed by atoms with van der Waals surface area (Å²) < 4.78 is 5.18. The highest BCUT2D eigenvalue weighted by Crippen LogP contribution is 2.32. The van der Waals surface area contributed by atoms with E-state index in [1.54, 1.807) is 6.92 Å². The number of hydrogen-bond donors (Lipinski definition) is 1. The number of nitrogens with zero attached hydrogens (tertiary/aromatic N) is 3. The molecule has 0 aliphatic carbocycles. The van der Waals surface area contributed by atoms with E-state index in [1.165, 1.54) is 11.3 Å². The number of carbonyl (C=O) groups is 2. The minimum Gasteiger partial charge on any atom is -0.337 e. The number of rotatable bonds is 6. The lowest BCUT2D eigenvalue weighted by Crippen LogP contribution is -2.40. The minimum absolute atomic E-state index is 0.0136. The predicted octanol–water partition coefficient (Wildman–Crippen LogP) is 2.69. The van der Waals surface area contributed by atoms with E-state index in [0.717, 1.165) is 16.2 Å². The van der Waals surface area contributed by atoms with E-state index in [4.69, 9.17) is 4.52 Å². The van der Waals surface area contributed by atoms with Gasteiger partial charge in [0, 0.05) is 11.3 Å². The van der Waals surface area contributed by atoms with Crippen LogP contribution in [0.1, 0.15) is 43.8 Å². The zero-order valence-corrected chi connectivity index (χ0v) is 14.7. The highest BCUT2D eigenvalue weighted by molar-refractivity contribution is 7.10. The van der Waals surface area contributed by atoms with Crippen LogP contribution < -0.4 is 5.32 Å². The number of aryl methyl sites for hydroxylation is 1. The molecule has 0 spiro atoms. The first-order chi connectivity index (χ1) is 11.4. The molecule has 1 unspecified atom stereocenters. The van der Waals surface area contributed by atoms with Crippen molar-refractivity contribution in [1.29, 1.82) is 0 Å². The van der Waals surface area contributed by atoms with E-state index in [-0.39, 0.29) is 18.3 Å². The van der Waals surface area contributed by atoms with Crippen LogP contribution in [0.25, 0.3) is 0 Å². The quantitative estimate of drug-likeness (QED) is 0.811. The van der Waals surface area contributed by atoms with Crippen LogP contribution in [0.4, 0.5) is 4.79 Å². The molecule has 3 heterocycles. The first-order valence-corrected chi connectivity index (χ1v) is 8.77. The van der Waals surface area contributed by atoms with Gasteiger partial charge in [0.1, 0.15) is 6.54 Å². The zero-order chi connectivity index (χ0) is 17.3. The Morgan fingerprint density at radius 2 is 2.21 bits per heavy atom. The minimum atomic E-state index is -1.04. The third kappa shape index (κ3) is 3.06. The number of nitrogens with one attached hydrogen (secondary N) is 1. The molecule has 1 aliphatic rings. The molecule has 1 atom stereocenters. The third-order valence-electron chi connectivity index (χ3n) is 4.04. The molecule has 8 heteroatoms. The normalized spacial score (nSPS) is 20.9. The number of carbonyl (C=O) groups excluding carboxylic acids is 2. The van der Waals surface area contributed by atoms with Crippen molar-refractivity contribution in [3.8, 4) is 0 Å². The van der Waals surface area contributed by atoms with Gasteiger partial charge in [0.25, 0.3) is 5.91 Å². The van der Waals surface area contributed by atoms with Crippen molar-refractivity contribution in [2.24, 2.45) is 5.92 Å². The summed E-state index contributed by atoms with van der Waals surface area (Å²) in [6, 6.07) is 3.24. The molecule has 1 fully saturated rings. The van der Waals surface area contributed by atoms with Gasteiger partial charge in [-0.1, -0.05) is 25.1 Å². The third-order valence-corrected chi connectivity index (χ3v) is 5.13. The van der Waals surface area contributed by atoms with E-state index in [0.29, 0.717) is 18.2 Å². The lowest BCUT2D eigenvalue weighted by atomic mass is 10.0. The van der Waals surface area contributed by atoms with Crippen LogP contribution in [0, 0.1) is 5.92 Å². The molecular weight excluding hydrogens is 328 g/mol. The maximum absolute atomic E-state index is 12.7. The van der Waals surface area contributed by atoms with Crippen LogP contribution in [0.15, 0.2) is 22.0 Å². The fourth-order valence-electron chi connectivity index (χ4n) is 2.58. The van der Waals surface area contributed by atoms with E-state index < -0.39 is 11.6 Å². The molecule has 2 aromatic heterocycles. The lowest BCUT2D eigenvalue weighted by Gasteiger charge is -2.19. The van der Waals surface area contributed by atoms with Crippen molar-refractivity contribution in [2.75, 3.05) is 0 Å². The van der Waals surface area contributed by atoms with Gasteiger partial charge in [-0.2, -0.15) is 4.98 Å². The van der Waals surface area contributed by atoms with Crippen molar-refractivity contribution in [1.82, 2.24) is 20.4 Å². The fourth-order valence-corrected chi connectivity index (χ4v) is 3.41. The number of aromatic nitrogens is 2. The Hall–Kier alpha value is -2.22. The van der Waals surface area contributed by atoms with Crippen molar-refractivity contribution in [3.05, 3.63) is 34.1 Å². The maximum atomic E-state index is 12.7. The van der Waals surface area contributed by atoms with Crippen LogP contribution in [0.2, 0.25) is 0 Å². The Balaban J connectivity index is 1.72. The monoisotopic (exact) mass is 348 g/mol. The average Bonchev–Trinajstić information content (AvgIpc) is 3.24. The molecule has 1 N–H and O–H groups in total. The summed E-state index contributed by atoms with van der Waals surface area (Å²) in [5.74, 6) is 1.11. The van der Waals surface area contributed by atoms with Gasteiger partial charge in [-0.3, -0.25) is 9.69 Å². The number of amides is 3. The molecule has 0 radical (unpaired) electrons. The largest absolute Gasteiger partial charge is 0.337 e. The zero-order valence-electron chi connectivity index (χ0n) is 13.9. The smallest absolute Gasteiger partial charge is 0.325 e. The summed E-state index contributed by atoms with van der Waals surface area (Å²) in [7, 11) is 0. The summed E-state index contributed by atoms with van der Waals surface area (Å²) in [6.45, 7) is 5.94. The van der Waals surface area contributed by atoms with Crippen LogP contribution in [-0.2, 0) is 23.3 Å². The first-order valence-electron chi connectivity index (χ1n) is 7.89. The lowest BCUT2D eigenvalue weighted by molar-refractivity contribution is -0.131. The van der Waals surface area contributed by atoms with Crippen molar-refractivity contribution >= 4 is 23.3 Å². The molecule has 0 saturated carbocycles. The molecular formula is C16H20N4O3S. The highest BCUT2D eigenvalue weighted by Gasteiger charge is 2.50. The van der Waals surface area contributed by atoms with Crippen molar-refractivity contribution in [3.63, 3.8) is 0 Å². The summed E-state index contributed by atoms with van der Waals surface area (Å²) >= 11 is 1.43.